The Bertz CT molecular complexity index is 1670. The molecule has 0 atom stereocenters. The molecule has 0 saturated carbocycles. The van der Waals surface area contributed by atoms with Gasteiger partial charge in [0.25, 0.3) is 0 Å². The molecule has 0 saturated heterocycles. The van der Waals surface area contributed by atoms with Gasteiger partial charge in [-0.25, -0.2) is 9.37 Å². The molecule has 0 amide bonds. The van der Waals surface area contributed by atoms with Crippen molar-refractivity contribution in [2.24, 2.45) is 0 Å². The van der Waals surface area contributed by atoms with Crippen molar-refractivity contribution in [3.63, 3.8) is 0 Å². The van der Waals surface area contributed by atoms with Crippen LogP contribution < -0.4 is 5.32 Å². The van der Waals surface area contributed by atoms with Crippen LogP contribution in [0.3, 0.4) is 0 Å². The van der Waals surface area contributed by atoms with Crippen molar-refractivity contribution in [3.8, 4) is 33.9 Å². The highest BCUT2D eigenvalue weighted by Gasteiger charge is 2.18. The molecule has 0 unspecified atom stereocenters. The van der Waals surface area contributed by atoms with E-state index in [0.717, 1.165) is 22.3 Å². The number of H-pyrrole nitrogens is 2. The van der Waals surface area contributed by atoms with Crippen molar-refractivity contribution in [2.75, 3.05) is 5.32 Å². The molecule has 172 valence electrons. The van der Waals surface area contributed by atoms with E-state index in [4.69, 9.17) is 4.98 Å². The van der Waals surface area contributed by atoms with Crippen LogP contribution in [0.25, 0.3) is 55.8 Å². The van der Waals surface area contributed by atoms with Crippen LogP contribution in [-0.4, -0.2) is 41.2 Å². The Morgan fingerprint density at radius 3 is 2.63 bits per heavy atom. The average molecular weight is 465 g/mol. The second kappa shape index (κ2) is 8.28. The van der Waals surface area contributed by atoms with E-state index >= 15 is 4.39 Å². The predicted molar refractivity (Wildman–Crippen MR) is 134 cm³/mol. The van der Waals surface area contributed by atoms with Gasteiger partial charge in [0.15, 0.2) is 11.6 Å². The second-order valence-corrected chi connectivity index (χ2v) is 8.60. The third-order valence-corrected chi connectivity index (χ3v) is 5.71. The lowest BCUT2D eigenvalue weighted by molar-refractivity contribution is 0.636. The predicted octanol–water partition coefficient (Wildman–Crippen LogP) is 5.58. The number of fused-ring (bicyclic) bond motifs is 2. The SMILES string of the molecule is CC(C)Nc1cncc(-c2cc(F)c3n[nH]c(-c4nc5c(-c6cccnc6)nccc5[nH]4)c3c2)c1. The van der Waals surface area contributed by atoms with E-state index in [1.807, 2.05) is 30.3 Å². The third-order valence-electron chi connectivity index (χ3n) is 5.71. The summed E-state index contributed by atoms with van der Waals surface area (Å²) in [6.45, 7) is 4.11. The molecule has 0 aliphatic rings. The number of aromatic amines is 2. The van der Waals surface area contributed by atoms with E-state index in [1.165, 1.54) is 6.07 Å². The van der Waals surface area contributed by atoms with Crippen molar-refractivity contribution >= 4 is 27.6 Å². The minimum Gasteiger partial charge on any atom is -0.382 e. The summed E-state index contributed by atoms with van der Waals surface area (Å²) in [6.07, 6.45) is 8.66. The number of anilines is 1. The first-order valence-electron chi connectivity index (χ1n) is 11.2. The molecule has 9 heteroatoms. The molecule has 0 bridgehead atoms. The van der Waals surface area contributed by atoms with E-state index in [2.05, 4.69) is 49.3 Å². The number of rotatable bonds is 5. The highest BCUT2D eigenvalue weighted by atomic mass is 19.1. The number of imidazole rings is 1. The number of hydrogen-bond donors (Lipinski definition) is 3. The number of hydrogen-bond acceptors (Lipinski definition) is 6. The summed E-state index contributed by atoms with van der Waals surface area (Å²) in [6, 6.07) is 11.2. The fourth-order valence-corrected chi connectivity index (χ4v) is 4.20. The molecule has 5 heterocycles. The highest BCUT2D eigenvalue weighted by molar-refractivity contribution is 5.97. The van der Waals surface area contributed by atoms with Gasteiger partial charge in [0.1, 0.15) is 16.7 Å². The van der Waals surface area contributed by atoms with E-state index in [-0.39, 0.29) is 11.6 Å². The topological polar surface area (TPSA) is 108 Å². The van der Waals surface area contributed by atoms with Gasteiger partial charge in [0.2, 0.25) is 0 Å². The molecule has 35 heavy (non-hydrogen) atoms. The standard InChI is InChI=1S/C26H21FN8/c1-14(2)31-18-8-17(12-29-13-18)16-9-19-23(20(27)10-16)34-35-24(19)26-32-21-5-7-30-22(25(21)33-26)15-4-3-6-28-11-15/h3-14,31H,1-2H3,(H,32,33)(H,34,35). The lowest BCUT2D eigenvalue weighted by Gasteiger charge is -2.11. The Balaban J connectivity index is 1.48. The molecule has 0 radical (unpaired) electrons. The summed E-state index contributed by atoms with van der Waals surface area (Å²) in [5, 5.41) is 11.1. The molecule has 0 aliphatic heterocycles. The first kappa shape index (κ1) is 20.9. The molecule has 0 fully saturated rings. The summed E-state index contributed by atoms with van der Waals surface area (Å²) < 4.78 is 15.1. The molecule has 6 aromatic rings. The molecule has 0 spiro atoms. The van der Waals surface area contributed by atoms with E-state index < -0.39 is 5.82 Å². The molecule has 0 aliphatic carbocycles. The van der Waals surface area contributed by atoms with E-state index in [0.29, 0.717) is 33.7 Å². The van der Waals surface area contributed by atoms with Crippen LogP contribution in [0.5, 0.6) is 0 Å². The van der Waals surface area contributed by atoms with Gasteiger partial charge in [-0.15, -0.1) is 0 Å². The quantitative estimate of drug-likeness (QED) is 0.307. The Labute approximate surface area is 199 Å². The van der Waals surface area contributed by atoms with Crippen molar-refractivity contribution in [2.45, 2.75) is 19.9 Å². The Morgan fingerprint density at radius 1 is 0.914 bits per heavy atom. The van der Waals surface area contributed by atoms with Crippen LogP contribution in [0.15, 0.2) is 67.4 Å². The molecular weight excluding hydrogens is 443 g/mol. The molecule has 3 N–H and O–H groups in total. The Morgan fingerprint density at radius 2 is 1.80 bits per heavy atom. The molecule has 8 nitrogen and oxygen atoms in total. The number of pyridine rings is 3. The first-order valence-corrected chi connectivity index (χ1v) is 11.2. The summed E-state index contributed by atoms with van der Waals surface area (Å²) in [5.41, 5.74) is 6.31. The average Bonchev–Trinajstić information content (AvgIpc) is 3.48. The lowest BCUT2D eigenvalue weighted by atomic mass is 10.0. The van der Waals surface area contributed by atoms with Gasteiger partial charge in [0, 0.05) is 53.5 Å². The van der Waals surface area contributed by atoms with Crippen LogP contribution in [0.4, 0.5) is 10.1 Å². The Kier molecular flexibility index (Phi) is 4.95. The lowest BCUT2D eigenvalue weighted by Crippen LogP contribution is -2.09. The highest BCUT2D eigenvalue weighted by Crippen LogP contribution is 2.34. The summed E-state index contributed by atoms with van der Waals surface area (Å²) >= 11 is 0. The van der Waals surface area contributed by atoms with Crippen LogP contribution in [0.2, 0.25) is 0 Å². The van der Waals surface area contributed by atoms with Gasteiger partial charge < -0.3 is 10.3 Å². The number of halogens is 1. The van der Waals surface area contributed by atoms with Crippen molar-refractivity contribution in [1.29, 1.82) is 0 Å². The third kappa shape index (κ3) is 3.76. The molecule has 1 aromatic carbocycles. The van der Waals surface area contributed by atoms with Crippen LogP contribution in [0, 0.1) is 5.82 Å². The molecular formula is C26H21FN8. The molecule has 6 rings (SSSR count). The fourth-order valence-electron chi connectivity index (χ4n) is 4.20. The van der Waals surface area contributed by atoms with Gasteiger partial charge in [-0.2, -0.15) is 5.10 Å². The van der Waals surface area contributed by atoms with Gasteiger partial charge in [0.05, 0.1) is 16.9 Å². The normalized spacial score (nSPS) is 11.5. The van der Waals surface area contributed by atoms with Gasteiger partial charge in [-0.3, -0.25) is 20.1 Å². The summed E-state index contributed by atoms with van der Waals surface area (Å²) in [7, 11) is 0. The number of nitrogens with zero attached hydrogens (tertiary/aromatic N) is 5. The molecule has 5 aromatic heterocycles. The van der Waals surface area contributed by atoms with Crippen molar-refractivity contribution in [1.82, 2.24) is 35.1 Å². The summed E-state index contributed by atoms with van der Waals surface area (Å²) in [5.74, 6) is 0.126. The first-order chi connectivity index (χ1) is 17.1. The van der Waals surface area contributed by atoms with E-state index in [1.54, 1.807) is 31.0 Å². The fraction of sp³-hybridized carbons (Fsp3) is 0.115. The summed E-state index contributed by atoms with van der Waals surface area (Å²) in [4.78, 5) is 21.1. The maximum atomic E-state index is 15.1. The van der Waals surface area contributed by atoms with Crippen LogP contribution in [-0.2, 0) is 0 Å². The number of nitrogens with one attached hydrogen (secondary N) is 3. The van der Waals surface area contributed by atoms with Crippen LogP contribution in [0.1, 0.15) is 13.8 Å². The minimum absolute atomic E-state index is 0.249. The van der Waals surface area contributed by atoms with Crippen molar-refractivity contribution in [3.05, 3.63) is 73.2 Å². The number of benzene rings is 1. The zero-order valence-electron chi connectivity index (χ0n) is 19.0. The van der Waals surface area contributed by atoms with Crippen molar-refractivity contribution < 1.29 is 4.39 Å². The van der Waals surface area contributed by atoms with Crippen LogP contribution >= 0.6 is 0 Å². The second-order valence-electron chi connectivity index (χ2n) is 8.60. The zero-order chi connectivity index (χ0) is 23.9. The van der Waals surface area contributed by atoms with Gasteiger partial charge in [-0.05, 0) is 55.8 Å². The minimum atomic E-state index is -0.420. The monoisotopic (exact) mass is 464 g/mol. The number of aromatic nitrogens is 7. The van der Waals surface area contributed by atoms with Gasteiger partial charge in [-0.1, -0.05) is 0 Å². The zero-order valence-corrected chi connectivity index (χ0v) is 19.0. The Hall–Kier alpha value is -4.66. The maximum Gasteiger partial charge on any atom is 0.157 e. The van der Waals surface area contributed by atoms with Gasteiger partial charge >= 0.3 is 0 Å². The maximum absolute atomic E-state index is 15.1. The smallest absolute Gasteiger partial charge is 0.157 e. The van der Waals surface area contributed by atoms with E-state index in [9.17, 15) is 0 Å². The largest absolute Gasteiger partial charge is 0.382 e.